The van der Waals surface area contributed by atoms with Crippen molar-refractivity contribution in [1.29, 1.82) is 0 Å². The fourth-order valence-corrected chi connectivity index (χ4v) is 4.45. The standard InChI is InChI=1S/C14H18N4O5S2/c19-18(20)12-1-3-13(4-2-12)25(21,22)17-7-5-15(6-8-17)11-16-9-10-23-14(16)24/h1-4H,5-11H2. The summed E-state index contributed by atoms with van der Waals surface area (Å²) in [5.41, 5.74) is -0.132. The summed E-state index contributed by atoms with van der Waals surface area (Å²) < 4.78 is 32.0. The van der Waals surface area contributed by atoms with E-state index < -0.39 is 14.9 Å². The minimum Gasteiger partial charge on any atom is -0.469 e. The number of thiocarbonyl (C=S) groups is 1. The Labute approximate surface area is 151 Å². The summed E-state index contributed by atoms with van der Waals surface area (Å²) in [4.78, 5) is 14.3. The van der Waals surface area contributed by atoms with Crippen LogP contribution in [0.3, 0.4) is 0 Å². The molecule has 9 nitrogen and oxygen atoms in total. The first-order chi connectivity index (χ1) is 11.9. The second-order valence-electron chi connectivity index (χ2n) is 5.79. The number of nitrogens with zero attached hydrogens (tertiary/aromatic N) is 4. The first-order valence-corrected chi connectivity index (χ1v) is 9.61. The summed E-state index contributed by atoms with van der Waals surface area (Å²) in [5, 5.41) is 11.2. The predicted molar refractivity (Wildman–Crippen MR) is 93.6 cm³/mol. The molecule has 0 N–H and O–H groups in total. The SMILES string of the molecule is O=[N+]([O-])c1ccc(S(=O)(=O)N2CCN(CN3CCOC3=S)CC2)cc1. The minimum atomic E-state index is -3.65. The summed E-state index contributed by atoms with van der Waals surface area (Å²) in [6.45, 7) is 3.87. The molecule has 0 atom stereocenters. The Morgan fingerprint density at radius 3 is 2.28 bits per heavy atom. The van der Waals surface area contributed by atoms with E-state index in [0.29, 0.717) is 44.6 Å². The number of rotatable bonds is 5. The van der Waals surface area contributed by atoms with Crippen molar-refractivity contribution in [2.75, 3.05) is 46.0 Å². The van der Waals surface area contributed by atoms with Gasteiger partial charge in [-0.25, -0.2) is 8.42 Å². The molecular formula is C14H18N4O5S2. The summed E-state index contributed by atoms with van der Waals surface area (Å²) in [6.07, 6.45) is 0. The molecular weight excluding hydrogens is 368 g/mol. The number of hydrogen-bond acceptors (Lipinski definition) is 7. The lowest BCUT2D eigenvalue weighted by Gasteiger charge is -2.35. The zero-order valence-electron chi connectivity index (χ0n) is 13.4. The molecule has 1 aromatic carbocycles. The van der Waals surface area contributed by atoms with Gasteiger partial charge in [-0.2, -0.15) is 4.31 Å². The molecule has 0 radical (unpaired) electrons. The number of hydrogen-bond donors (Lipinski definition) is 0. The quantitative estimate of drug-likeness (QED) is 0.409. The summed E-state index contributed by atoms with van der Waals surface area (Å²) in [7, 11) is -3.65. The first kappa shape index (κ1) is 18.0. The molecule has 2 aliphatic rings. The lowest BCUT2D eigenvalue weighted by atomic mass is 10.3. The molecule has 1 aromatic rings. The Kier molecular flexibility index (Phi) is 5.18. The molecule has 0 bridgehead atoms. The summed E-state index contributed by atoms with van der Waals surface area (Å²) >= 11 is 5.11. The van der Waals surface area contributed by atoms with Crippen molar-refractivity contribution in [2.45, 2.75) is 4.90 Å². The van der Waals surface area contributed by atoms with Crippen LogP contribution in [-0.2, 0) is 14.8 Å². The van der Waals surface area contributed by atoms with Crippen molar-refractivity contribution in [1.82, 2.24) is 14.1 Å². The van der Waals surface area contributed by atoms with Gasteiger partial charge in [-0.15, -0.1) is 0 Å². The number of nitro benzene ring substituents is 1. The molecule has 2 fully saturated rings. The van der Waals surface area contributed by atoms with Crippen molar-refractivity contribution < 1.29 is 18.1 Å². The summed E-state index contributed by atoms with van der Waals surface area (Å²) in [5.74, 6) is 0. The Hall–Kier alpha value is -1.82. The molecule has 2 saturated heterocycles. The number of ether oxygens (including phenoxy) is 1. The molecule has 0 spiro atoms. The van der Waals surface area contributed by atoms with Crippen LogP contribution in [0.2, 0.25) is 0 Å². The van der Waals surface area contributed by atoms with Crippen LogP contribution in [0.1, 0.15) is 0 Å². The van der Waals surface area contributed by atoms with Gasteiger partial charge in [-0.1, -0.05) is 0 Å². The third kappa shape index (κ3) is 3.89. The maximum atomic E-state index is 12.7. The molecule has 136 valence electrons. The lowest BCUT2D eigenvalue weighted by molar-refractivity contribution is -0.384. The molecule has 0 aliphatic carbocycles. The van der Waals surface area contributed by atoms with E-state index in [1.165, 1.54) is 28.6 Å². The maximum absolute atomic E-state index is 12.7. The normalized spacial score (nSPS) is 19.8. The smallest absolute Gasteiger partial charge is 0.269 e. The number of sulfonamides is 1. The molecule has 3 rings (SSSR count). The van der Waals surface area contributed by atoms with Gasteiger partial charge in [0.2, 0.25) is 10.0 Å². The van der Waals surface area contributed by atoms with Crippen LogP contribution < -0.4 is 0 Å². The molecule has 2 heterocycles. The lowest BCUT2D eigenvalue weighted by Crippen LogP contribution is -2.51. The van der Waals surface area contributed by atoms with E-state index in [1.54, 1.807) is 0 Å². The Balaban J connectivity index is 1.61. The Bertz CT molecular complexity index is 760. The van der Waals surface area contributed by atoms with Gasteiger partial charge in [-0.05, 0) is 24.4 Å². The molecule has 0 amide bonds. The topological polar surface area (TPSA) is 96.2 Å². The second kappa shape index (κ2) is 7.20. The van der Waals surface area contributed by atoms with Crippen LogP contribution in [0.25, 0.3) is 0 Å². The number of non-ortho nitro benzene ring substituents is 1. The highest BCUT2D eigenvalue weighted by molar-refractivity contribution is 7.89. The molecule has 0 aromatic heterocycles. The average Bonchev–Trinajstić information content (AvgIpc) is 3.00. The van der Waals surface area contributed by atoms with E-state index in [9.17, 15) is 18.5 Å². The van der Waals surface area contributed by atoms with Gasteiger partial charge in [0.05, 0.1) is 23.0 Å². The van der Waals surface area contributed by atoms with Gasteiger partial charge in [0.15, 0.2) is 0 Å². The highest BCUT2D eigenvalue weighted by Gasteiger charge is 2.30. The number of piperazine rings is 1. The van der Waals surface area contributed by atoms with Crippen molar-refractivity contribution >= 4 is 33.1 Å². The van der Waals surface area contributed by atoms with Crippen LogP contribution in [0, 0.1) is 10.1 Å². The number of benzene rings is 1. The first-order valence-electron chi connectivity index (χ1n) is 7.76. The third-order valence-electron chi connectivity index (χ3n) is 4.23. The van der Waals surface area contributed by atoms with Crippen molar-refractivity contribution in [3.05, 3.63) is 34.4 Å². The van der Waals surface area contributed by atoms with E-state index in [0.717, 1.165) is 6.54 Å². The highest BCUT2D eigenvalue weighted by Crippen LogP contribution is 2.21. The molecule has 2 aliphatic heterocycles. The minimum absolute atomic E-state index is 0.0701. The molecule has 25 heavy (non-hydrogen) atoms. The Morgan fingerprint density at radius 1 is 1.12 bits per heavy atom. The van der Waals surface area contributed by atoms with Gasteiger partial charge in [0, 0.05) is 38.3 Å². The largest absolute Gasteiger partial charge is 0.469 e. The van der Waals surface area contributed by atoms with Gasteiger partial charge in [0.25, 0.3) is 10.9 Å². The molecule has 0 unspecified atom stereocenters. The van der Waals surface area contributed by atoms with Crippen molar-refractivity contribution in [3.8, 4) is 0 Å². The fourth-order valence-electron chi connectivity index (χ4n) is 2.80. The third-order valence-corrected chi connectivity index (χ3v) is 6.52. The van der Waals surface area contributed by atoms with E-state index in [4.69, 9.17) is 17.0 Å². The zero-order chi connectivity index (χ0) is 18.0. The van der Waals surface area contributed by atoms with E-state index >= 15 is 0 Å². The van der Waals surface area contributed by atoms with Gasteiger partial charge < -0.3 is 9.64 Å². The molecule has 0 saturated carbocycles. The second-order valence-corrected chi connectivity index (χ2v) is 8.08. The number of nitro groups is 1. The maximum Gasteiger partial charge on any atom is 0.269 e. The monoisotopic (exact) mass is 386 g/mol. The highest BCUT2D eigenvalue weighted by atomic mass is 32.2. The molecule has 11 heteroatoms. The van der Waals surface area contributed by atoms with Gasteiger partial charge in [-0.3, -0.25) is 15.0 Å². The average molecular weight is 386 g/mol. The van der Waals surface area contributed by atoms with E-state index in [1.807, 2.05) is 4.90 Å². The van der Waals surface area contributed by atoms with Crippen molar-refractivity contribution in [3.63, 3.8) is 0 Å². The van der Waals surface area contributed by atoms with Crippen LogP contribution >= 0.6 is 12.2 Å². The zero-order valence-corrected chi connectivity index (χ0v) is 15.0. The predicted octanol–water partition coefficient (Wildman–Crippen LogP) is 0.476. The summed E-state index contributed by atoms with van der Waals surface area (Å²) in [6, 6.07) is 4.97. The van der Waals surface area contributed by atoms with Crippen LogP contribution in [-0.4, -0.2) is 78.6 Å². The van der Waals surface area contributed by atoms with Crippen molar-refractivity contribution in [2.24, 2.45) is 0 Å². The van der Waals surface area contributed by atoms with E-state index in [-0.39, 0.29) is 10.6 Å². The van der Waals surface area contributed by atoms with Crippen LogP contribution in [0.4, 0.5) is 5.69 Å². The van der Waals surface area contributed by atoms with Gasteiger partial charge >= 0.3 is 0 Å². The van der Waals surface area contributed by atoms with Crippen LogP contribution in [0.5, 0.6) is 0 Å². The van der Waals surface area contributed by atoms with E-state index in [2.05, 4.69) is 4.90 Å². The van der Waals surface area contributed by atoms with Gasteiger partial charge in [0.1, 0.15) is 6.61 Å². The van der Waals surface area contributed by atoms with Crippen LogP contribution in [0.15, 0.2) is 29.2 Å². The fraction of sp³-hybridized carbons (Fsp3) is 0.500. The Morgan fingerprint density at radius 2 is 1.76 bits per heavy atom.